The van der Waals surface area contributed by atoms with Crippen molar-refractivity contribution >= 4 is 5.78 Å². The molecule has 2 nitrogen and oxygen atoms in total. The van der Waals surface area contributed by atoms with Crippen LogP contribution in [0, 0.1) is 11.8 Å². The molecule has 0 aromatic carbocycles. The molecule has 7 heavy (non-hydrogen) atoms. The Morgan fingerprint density at radius 1 is 1.43 bits per heavy atom. The van der Waals surface area contributed by atoms with E-state index in [2.05, 4.69) is 6.57 Å². The molecular weight excluding hydrogens is 97.0 g/mol. The van der Waals surface area contributed by atoms with Crippen molar-refractivity contribution in [1.82, 2.24) is 0 Å². The van der Waals surface area contributed by atoms with Gasteiger partial charge in [0.25, 0.3) is 0 Å². The van der Waals surface area contributed by atoms with Gasteiger partial charge in [-0.15, -0.1) is 0 Å². The molecule has 0 fully saturated rings. The molecule has 0 aliphatic carbocycles. The van der Waals surface area contributed by atoms with Crippen LogP contribution in [-0.4, -0.2) is 5.78 Å². The first kappa shape index (κ1) is 16.5. The molecule has 0 heterocycles. The predicted octanol–water partition coefficient (Wildman–Crippen LogP) is 0.888. The smallest absolute Gasteiger partial charge is 0.126 e. The maximum atomic E-state index is 9.44. The van der Waals surface area contributed by atoms with Gasteiger partial charge in [-0.25, -0.2) is 5.26 Å². The SMILES string of the molecule is C#N.CC(C)=O.F. The number of carbonyl (C=O) groups is 1. The minimum atomic E-state index is 0. The minimum absolute atomic E-state index is 0. The highest BCUT2D eigenvalue weighted by molar-refractivity contribution is 5.72. The highest BCUT2D eigenvalue weighted by Gasteiger charge is 1.62. The van der Waals surface area contributed by atoms with Crippen molar-refractivity contribution in [3.63, 3.8) is 0 Å². The molecule has 0 aliphatic rings. The first-order valence-corrected chi connectivity index (χ1v) is 1.46. The van der Waals surface area contributed by atoms with Crippen molar-refractivity contribution in [2.24, 2.45) is 0 Å². The van der Waals surface area contributed by atoms with Gasteiger partial charge in [0.2, 0.25) is 0 Å². The van der Waals surface area contributed by atoms with E-state index >= 15 is 0 Å². The van der Waals surface area contributed by atoms with Gasteiger partial charge in [0.05, 0.1) is 0 Å². The Kier molecular flexibility index (Phi) is 46.0. The summed E-state index contributed by atoms with van der Waals surface area (Å²) in [6.07, 6.45) is 0. The Balaban J connectivity index is -0.0000000480. The lowest BCUT2D eigenvalue weighted by Crippen LogP contribution is -1.69. The summed E-state index contributed by atoms with van der Waals surface area (Å²) in [6.45, 7) is 6.56. The second-order valence-electron chi connectivity index (χ2n) is 0.908. The topological polar surface area (TPSA) is 40.9 Å². The molecule has 0 aromatic heterocycles. The fraction of sp³-hybridized carbons (Fsp3) is 0.500. The van der Waals surface area contributed by atoms with Crippen LogP contribution in [0.3, 0.4) is 0 Å². The predicted molar refractivity (Wildman–Crippen MR) is 25.5 cm³/mol. The highest BCUT2D eigenvalue weighted by Crippen LogP contribution is 1.50. The van der Waals surface area contributed by atoms with Crippen LogP contribution in [-0.2, 0) is 4.79 Å². The molecule has 0 saturated carbocycles. The number of nitriles is 1. The third kappa shape index (κ3) is 58.7. The Hall–Kier alpha value is -0.910. The van der Waals surface area contributed by atoms with E-state index in [0.717, 1.165) is 0 Å². The standard InChI is InChI=1S/C3H6O.CHN.FH/c1-3(2)4;1-2;/h1-2H3;1H;1H. The molecule has 0 N–H and O–H groups in total. The summed E-state index contributed by atoms with van der Waals surface area (Å²) < 4.78 is 0. The number of nitrogens with zero attached hydrogens (tertiary/aromatic N) is 1. The second kappa shape index (κ2) is 19.5. The van der Waals surface area contributed by atoms with E-state index in [1.165, 1.54) is 13.8 Å². The van der Waals surface area contributed by atoms with Gasteiger partial charge >= 0.3 is 0 Å². The van der Waals surface area contributed by atoms with E-state index < -0.39 is 0 Å². The Morgan fingerprint density at radius 2 is 1.43 bits per heavy atom. The largest absolute Gasteiger partial charge is 0.300 e. The third-order valence-corrected chi connectivity index (χ3v) is 0. The number of ketones is 1. The van der Waals surface area contributed by atoms with Crippen LogP contribution in [0.4, 0.5) is 4.70 Å². The molecule has 0 unspecified atom stereocenters. The molecular formula is C4H8FNO. The summed E-state index contributed by atoms with van der Waals surface area (Å²) in [4.78, 5) is 9.44. The van der Waals surface area contributed by atoms with Gasteiger partial charge in [0.15, 0.2) is 0 Å². The maximum Gasteiger partial charge on any atom is 0.126 e. The van der Waals surface area contributed by atoms with Crippen LogP contribution in [0.1, 0.15) is 13.8 Å². The van der Waals surface area contributed by atoms with Gasteiger partial charge in [0.1, 0.15) is 5.78 Å². The fourth-order valence-corrected chi connectivity index (χ4v) is 0. The van der Waals surface area contributed by atoms with E-state index in [4.69, 9.17) is 5.26 Å². The molecule has 0 aliphatic heterocycles. The quantitative estimate of drug-likeness (QED) is 0.459. The lowest BCUT2D eigenvalue weighted by Gasteiger charge is -1.56. The number of halogens is 1. The van der Waals surface area contributed by atoms with Crippen LogP contribution >= 0.6 is 0 Å². The van der Waals surface area contributed by atoms with E-state index in [0.29, 0.717) is 0 Å². The first-order valence-electron chi connectivity index (χ1n) is 1.46. The zero-order valence-corrected chi connectivity index (χ0v) is 4.34. The van der Waals surface area contributed by atoms with Crippen LogP contribution < -0.4 is 0 Å². The van der Waals surface area contributed by atoms with Crippen LogP contribution in [0.2, 0.25) is 0 Å². The summed E-state index contributed by atoms with van der Waals surface area (Å²) in [5.74, 6) is 0.167. The molecule has 42 valence electrons. The number of Topliss-reactive ketones (excluding diaryl/α,β-unsaturated/α-hetero) is 1. The molecule has 0 bridgehead atoms. The number of hydrogen-bond donors (Lipinski definition) is 0. The van der Waals surface area contributed by atoms with Gasteiger partial charge < -0.3 is 4.79 Å². The average molecular weight is 105 g/mol. The van der Waals surface area contributed by atoms with E-state index in [1.54, 1.807) is 0 Å². The van der Waals surface area contributed by atoms with Crippen LogP contribution in [0.15, 0.2) is 0 Å². The van der Waals surface area contributed by atoms with Crippen molar-refractivity contribution in [3.05, 3.63) is 0 Å². The summed E-state index contributed by atoms with van der Waals surface area (Å²) >= 11 is 0. The molecule has 0 atom stereocenters. The second-order valence-corrected chi connectivity index (χ2v) is 0.908. The lowest BCUT2D eigenvalue weighted by molar-refractivity contribution is -0.114. The molecule has 0 saturated heterocycles. The van der Waals surface area contributed by atoms with Gasteiger partial charge in [0, 0.05) is 6.57 Å². The molecule has 0 rings (SSSR count). The zero-order valence-electron chi connectivity index (χ0n) is 4.34. The van der Waals surface area contributed by atoms with Gasteiger partial charge in [-0.2, -0.15) is 0 Å². The van der Waals surface area contributed by atoms with Crippen molar-refractivity contribution < 1.29 is 9.50 Å². The number of carbonyl (C=O) groups excluding carboxylic acids is 1. The van der Waals surface area contributed by atoms with Crippen molar-refractivity contribution in [3.8, 4) is 6.57 Å². The zero-order chi connectivity index (χ0) is 5.58. The summed E-state index contributed by atoms with van der Waals surface area (Å²) in [5, 5.41) is 6.50. The third-order valence-electron chi connectivity index (χ3n) is 0. The Morgan fingerprint density at radius 3 is 1.43 bits per heavy atom. The number of rotatable bonds is 0. The molecule has 0 spiro atoms. The van der Waals surface area contributed by atoms with E-state index in [1.807, 2.05) is 0 Å². The fourth-order valence-electron chi connectivity index (χ4n) is 0. The van der Waals surface area contributed by atoms with Crippen LogP contribution in [0.25, 0.3) is 0 Å². The lowest BCUT2D eigenvalue weighted by atomic mass is 10.6. The Bertz CT molecular complexity index is 56.0. The maximum absolute atomic E-state index is 9.44. The molecule has 0 radical (unpaired) electrons. The minimum Gasteiger partial charge on any atom is -0.300 e. The summed E-state index contributed by atoms with van der Waals surface area (Å²) in [5.41, 5.74) is 0. The first-order chi connectivity index (χ1) is 2.73. The van der Waals surface area contributed by atoms with Gasteiger partial charge in [-0.05, 0) is 13.8 Å². The molecule has 0 amide bonds. The van der Waals surface area contributed by atoms with Crippen LogP contribution in [0.5, 0.6) is 0 Å². The molecule has 3 heteroatoms. The summed E-state index contributed by atoms with van der Waals surface area (Å²) in [6, 6.07) is 0. The van der Waals surface area contributed by atoms with Gasteiger partial charge in [-0.3, -0.25) is 4.70 Å². The van der Waals surface area contributed by atoms with E-state index in [9.17, 15) is 4.79 Å². The van der Waals surface area contributed by atoms with Crippen molar-refractivity contribution in [2.45, 2.75) is 13.8 Å². The molecule has 0 aromatic rings. The summed E-state index contributed by atoms with van der Waals surface area (Å²) in [7, 11) is 0. The van der Waals surface area contributed by atoms with Gasteiger partial charge in [-0.1, -0.05) is 0 Å². The monoisotopic (exact) mass is 105 g/mol. The van der Waals surface area contributed by atoms with E-state index in [-0.39, 0.29) is 10.5 Å². The Labute approximate surface area is 42.1 Å². The number of hydrogen-bond acceptors (Lipinski definition) is 2. The van der Waals surface area contributed by atoms with Crippen molar-refractivity contribution in [1.29, 1.82) is 5.26 Å². The highest BCUT2D eigenvalue weighted by atomic mass is 19.0. The average Bonchev–Trinajstić information content (AvgIpc) is 1.41. The normalized spacial score (nSPS) is 4.00. The van der Waals surface area contributed by atoms with Crippen molar-refractivity contribution in [2.75, 3.05) is 0 Å².